The molecule has 0 aliphatic rings. The number of aromatic nitrogens is 1. The van der Waals surface area contributed by atoms with Gasteiger partial charge in [-0.1, -0.05) is 53.2 Å². The third-order valence-corrected chi connectivity index (χ3v) is 6.72. The maximum absolute atomic E-state index is 12.6. The average Bonchev–Trinajstić information content (AvgIpc) is 3.15. The highest BCUT2D eigenvalue weighted by Gasteiger charge is 2.25. The number of hydrogen-bond acceptors (Lipinski definition) is 5. The highest BCUT2D eigenvalue weighted by Crippen LogP contribution is 2.25. The Hall–Kier alpha value is -2.07. The topological polar surface area (TPSA) is 88.2 Å². The van der Waals surface area contributed by atoms with Crippen LogP contribution in [0.25, 0.3) is 11.3 Å². The fraction of sp³-hybridized carbons (Fsp3) is 0.158. The van der Waals surface area contributed by atoms with Crippen LogP contribution in [0.3, 0.4) is 0 Å². The Morgan fingerprint density at radius 1 is 1.14 bits per heavy atom. The average molecular weight is 480 g/mol. The second-order valence-electron chi connectivity index (χ2n) is 5.93. The number of nitrogens with zero attached hydrogens (tertiary/aromatic N) is 1. The van der Waals surface area contributed by atoms with Crippen molar-refractivity contribution >= 4 is 48.3 Å². The van der Waals surface area contributed by atoms with E-state index in [1.165, 1.54) is 23.5 Å². The quantitative estimate of drug-likeness (QED) is 0.529. The van der Waals surface area contributed by atoms with Crippen molar-refractivity contribution in [2.24, 2.45) is 0 Å². The van der Waals surface area contributed by atoms with Gasteiger partial charge in [0.25, 0.3) is 0 Å². The summed E-state index contributed by atoms with van der Waals surface area (Å²) in [5.41, 5.74) is 1.70. The number of amides is 1. The second-order valence-corrected chi connectivity index (χ2v) is 9.42. The zero-order chi connectivity index (χ0) is 20.1. The molecule has 2 aromatic carbocycles. The van der Waals surface area contributed by atoms with Crippen LogP contribution in [0.1, 0.15) is 13.3 Å². The van der Waals surface area contributed by atoms with Crippen LogP contribution in [0.4, 0.5) is 5.13 Å². The van der Waals surface area contributed by atoms with E-state index in [0.29, 0.717) is 11.6 Å². The Labute approximate surface area is 176 Å². The Kier molecular flexibility index (Phi) is 6.61. The zero-order valence-electron chi connectivity index (χ0n) is 14.9. The van der Waals surface area contributed by atoms with Gasteiger partial charge in [-0.2, -0.15) is 4.72 Å². The minimum atomic E-state index is -3.81. The molecule has 0 fully saturated rings. The first-order valence-electron chi connectivity index (χ1n) is 8.49. The molecular formula is C19H18BrN3O3S2. The van der Waals surface area contributed by atoms with Gasteiger partial charge in [-0.3, -0.25) is 4.79 Å². The maximum atomic E-state index is 12.6. The smallest absolute Gasteiger partial charge is 0.244 e. The lowest BCUT2D eigenvalue weighted by Gasteiger charge is -2.16. The molecule has 3 rings (SSSR count). The fourth-order valence-electron chi connectivity index (χ4n) is 2.46. The summed E-state index contributed by atoms with van der Waals surface area (Å²) in [6, 6.07) is 14.9. The van der Waals surface area contributed by atoms with Gasteiger partial charge in [0.2, 0.25) is 15.9 Å². The summed E-state index contributed by atoms with van der Waals surface area (Å²) in [7, 11) is -3.81. The van der Waals surface area contributed by atoms with Gasteiger partial charge < -0.3 is 5.32 Å². The van der Waals surface area contributed by atoms with E-state index in [-0.39, 0.29) is 4.90 Å². The molecule has 1 atom stereocenters. The van der Waals surface area contributed by atoms with E-state index >= 15 is 0 Å². The number of halogens is 1. The number of rotatable bonds is 7. The molecule has 1 unspecified atom stereocenters. The molecule has 146 valence electrons. The van der Waals surface area contributed by atoms with Crippen molar-refractivity contribution in [3.63, 3.8) is 0 Å². The monoisotopic (exact) mass is 479 g/mol. The number of thiazole rings is 1. The van der Waals surface area contributed by atoms with E-state index in [0.717, 1.165) is 15.7 Å². The third kappa shape index (κ3) is 5.05. The summed E-state index contributed by atoms with van der Waals surface area (Å²) in [6.45, 7) is 1.74. The van der Waals surface area contributed by atoms with Gasteiger partial charge in [0.15, 0.2) is 5.13 Å². The minimum Gasteiger partial charge on any atom is -0.301 e. The van der Waals surface area contributed by atoms with Crippen LogP contribution in [0, 0.1) is 0 Å². The molecule has 9 heteroatoms. The number of anilines is 1. The molecule has 2 N–H and O–H groups in total. The van der Waals surface area contributed by atoms with Crippen molar-refractivity contribution in [1.82, 2.24) is 9.71 Å². The summed E-state index contributed by atoms with van der Waals surface area (Å²) in [6.07, 6.45) is 0.304. The number of nitrogens with one attached hydrogen (secondary N) is 2. The molecule has 28 heavy (non-hydrogen) atoms. The van der Waals surface area contributed by atoms with E-state index in [1.807, 2.05) is 35.7 Å². The van der Waals surface area contributed by atoms with Gasteiger partial charge in [-0.05, 0) is 30.7 Å². The van der Waals surface area contributed by atoms with Gasteiger partial charge in [-0.25, -0.2) is 13.4 Å². The first-order chi connectivity index (χ1) is 13.4. The van der Waals surface area contributed by atoms with Crippen molar-refractivity contribution < 1.29 is 13.2 Å². The fourth-order valence-corrected chi connectivity index (χ4v) is 4.72. The molecule has 0 aliphatic heterocycles. The molecule has 0 saturated carbocycles. The Balaban J connectivity index is 1.70. The third-order valence-electron chi connectivity index (χ3n) is 3.95. The molecule has 3 aromatic rings. The highest BCUT2D eigenvalue weighted by atomic mass is 79.9. The van der Waals surface area contributed by atoms with Crippen LogP contribution in [0.2, 0.25) is 0 Å². The first-order valence-corrected chi connectivity index (χ1v) is 11.6. The predicted octanol–water partition coefficient (Wildman–Crippen LogP) is 4.27. The Morgan fingerprint density at radius 3 is 2.46 bits per heavy atom. The molecule has 0 radical (unpaired) electrons. The molecule has 0 bridgehead atoms. The van der Waals surface area contributed by atoms with E-state index in [2.05, 4.69) is 31.0 Å². The summed E-state index contributed by atoms with van der Waals surface area (Å²) in [4.78, 5) is 17.1. The minimum absolute atomic E-state index is 0.0996. The summed E-state index contributed by atoms with van der Waals surface area (Å²) < 4.78 is 28.3. The van der Waals surface area contributed by atoms with Crippen LogP contribution in [-0.4, -0.2) is 25.4 Å². The largest absolute Gasteiger partial charge is 0.301 e. The van der Waals surface area contributed by atoms with Crippen molar-refractivity contribution in [2.75, 3.05) is 5.32 Å². The van der Waals surface area contributed by atoms with Crippen LogP contribution in [0.5, 0.6) is 0 Å². The van der Waals surface area contributed by atoms with Crippen molar-refractivity contribution in [1.29, 1.82) is 0 Å². The van der Waals surface area contributed by atoms with Gasteiger partial charge in [-0.15, -0.1) is 11.3 Å². The molecule has 1 aromatic heterocycles. The van der Waals surface area contributed by atoms with Crippen molar-refractivity contribution in [3.05, 3.63) is 64.5 Å². The second kappa shape index (κ2) is 8.95. The number of hydrogen-bond donors (Lipinski definition) is 2. The summed E-state index contributed by atoms with van der Waals surface area (Å²) >= 11 is 4.56. The van der Waals surface area contributed by atoms with Gasteiger partial charge >= 0.3 is 0 Å². The molecular weight excluding hydrogens is 462 g/mol. The van der Waals surface area contributed by atoms with Crippen LogP contribution in [0.15, 0.2) is 69.3 Å². The summed E-state index contributed by atoms with van der Waals surface area (Å²) in [5, 5.41) is 4.97. The maximum Gasteiger partial charge on any atom is 0.244 e. The van der Waals surface area contributed by atoms with E-state index in [1.54, 1.807) is 19.1 Å². The van der Waals surface area contributed by atoms with Crippen molar-refractivity contribution in [3.8, 4) is 11.3 Å². The van der Waals surface area contributed by atoms with Crippen LogP contribution < -0.4 is 10.0 Å². The highest BCUT2D eigenvalue weighted by molar-refractivity contribution is 9.10. The SMILES string of the molecule is CCC(NS(=O)(=O)c1ccc(Br)cc1)C(=O)Nc1nc(-c2ccccc2)cs1. The molecule has 0 saturated heterocycles. The Morgan fingerprint density at radius 2 is 1.82 bits per heavy atom. The molecule has 0 aliphatic carbocycles. The predicted molar refractivity (Wildman–Crippen MR) is 115 cm³/mol. The Bertz CT molecular complexity index is 1050. The lowest BCUT2D eigenvalue weighted by molar-refractivity contribution is -0.117. The van der Waals surface area contributed by atoms with Gasteiger partial charge in [0.1, 0.15) is 6.04 Å². The standard InChI is InChI=1S/C19H18BrN3O3S2/c1-2-16(23-28(25,26)15-10-8-14(20)9-11-15)18(24)22-19-21-17(12-27-19)13-6-4-3-5-7-13/h3-12,16,23H,2H2,1H3,(H,21,22,24). The number of carbonyl (C=O) groups is 1. The van der Waals surface area contributed by atoms with Gasteiger partial charge in [0, 0.05) is 15.4 Å². The molecule has 0 spiro atoms. The molecule has 1 amide bonds. The van der Waals surface area contributed by atoms with E-state index in [4.69, 9.17) is 0 Å². The normalized spacial score (nSPS) is 12.5. The lowest BCUT2D eigenvalue weighted by atomic mass is 10.2. The molecule has 1 heterocycles. The first kappa shape index (κ1) is 20.7. The molecule has 6 nitrogen and oxygen atoms in total. The van der Waals surface area contributed by atoms with E-state index < -0.39 is 22.0 Å². The summed E-state index contributed by atoms with van der Waals surface area (Å²) in [5.74, 6) is -0.447. The van der Waals surface area contributed by atoms with E-state index in [9.17, 15) is 13.2 Å². The lowest BCUT2D eigenvalue weighted by Crippen LogP contribution is -2.43. The number of benzene rings is 2. The van der Waals surface area contributed by atoms with Gasteiger partial charge in [0.05, 0.1) is 10.6 Å². The number of sulfonamides is 1. The van der Waals surface area contributed by atoms with Crippen molar-refractivity contribution in [2.45, 2.75) is 24.3 Å². The zero-order valence-corrected chi connectivity index (χ0v) is 18.1. The number of carbonyl (C=O) groups excluding carboxylic acids is 1. The van der Waals surface area contributed by atoms with Crippen LogP contribution >= 0.6 is 27.3 Å². The van der Waals surface area contributed by atoms with Crippen LogP contribution in [-0.2, 0) is 14.8 Å².